The molecule has 0 radical (unpaired) electrons. The normalized spacial score (nSPS) is 31.5. The number of hydrogen-bond acceptors (Lipinski definition) is 2. The topological polar surface area (TPSA) is 18.5 Å². The lowest BCUT2D eigenvalue weighted by atomic mass is 10.2. The molecule has 2 nitrogen and oxygen atoms in total. The quantitative estimate of drug-likeness (QED) is 0.623. The van der Waals surface area contributed by atoms with E-state index in [1.165, 1.54) is 0 Å². The minimum atomic E-state index is -4.22. The van der Waals surface area contributed by atoms with Crippen molar-refractivity contribution in [3.05, 3.63) is 0 Å². The van der Waals surface area contributed by atoms with Crippen molar-refractivity contribution in [1.29, 1.82) is 0 Å². The number of alkyl halides is 8. The largest absolute Gasteiger partial charge is 0.422 e. The molecule has 2 rings (SSSR count). The molecular weight excluding hydrogens is 256 g/mol. The second kappa shape index (κ2) is 3.42. The van der Waals surface area contributed by atoms with Gasteiger partial charge in [0.1, 0.15) is 13.0 Å². The lowest BCUT2D eigenvalue weighted by Gasteiger charge is -2.34. The van der Waals surface area contributed by atoms with Gasteiger partial charge >= 0.3 is 24.2 Å². The molecular formula is C6H4F8O2. The van der Waals surface area contributed by atoms with Crippen molar-refractivity contribution >= 4 is 0 Å². The molecule has 10 heteroatoms. The van der Waals surface area contributed by atoms with Crippen LogP contribution < -0.4 is 0 Å². The maximum Gasteiger partial charge on any atom is 0.422 e. The zero-order chi connectivity index (χ0) is 12.8. The summed E-state index contributed by atoms with van der Waals surface area (Å²) >= 11 is 0. The van der Waals surface area contributed by atoms with Gasteiger partial charge in [-0.05, 0) is 0 Å². The molecule has 2 heterocycles. The van der Waals surface area contributed by atoms with Crippen LogP contribution in [0.5, 0.6) is 0 Å². The van der Waals surface area contributed by atoms with Crippen molar-refractivity contribution in [2.24, 2.45) is 0 Å². The van der Waals surface area contributed by atoms with Crippen molar-refractivity contribution in [3.8, 4) is 0 Å². The van der Waals surface area contributed by atoms with Crippen LogP contribution in [0.3, 0.4) is 0 Å². The summed E-state index contributed by atoms with van der Waals surface area (Å²) in [6.07, 6.45) is -12.9. The molecule has 2 saturated heterocycles. The van der Waals surface area contributed by atoms with Gasteiger partial charge in [-0.2, -0.15) is 35.1 Å². The van der Waals surface area contributed by atoms with Gasteiger partial charge in [0, 0.05) is 0 Å². The van der Waals surface area contributed by atoms with E-state index in [4.69, 9.17) is 0 Å². The average molecular weight is 260 g/mol. The zero-order valence-electron chi connectivity index (χ0n) is 7.25. The highest BCUT2D eigenvalue weighted by atomic mass is 19.3. The molecule has 96 valence electrons. The number of ether oxygens (including phenoxy) is 2. The molecule has 0 spiro atoms. The van der Waals surface area contributed by atoms with Crippen LogP contribution in [0, 0.1) is 0 Å². The molecule has 2 aliphatic heterocycles. The molecule has 0 aromatic carbocycles. The average Bonchev–Trinajstić information content (AvgIpc) is 1.98. The van der Waals surface area contributed by atoms with E-state index >= 15 is 0 Å². The van der Waals surface area contributed by atoms with Crippen molar-refractivity contribution in [1.82, 2.24) is 0 Å². The van der Waals surface area contributed by atoms with Gasteiger partial charge in [0.25, 0.3) is 0 Å². The summed E-state index contributed by atoms with van der Waals surface area (Å²) in [6, 6.07) is 0. The molecule has 0 amide bonds. The van der Waals surface area contributed by atoms with E-state index in [1.807, 2.05) is 0 Å². The third-order valence-electron chi connectivity index (χ3n) is 1.57. The molecule has 0 aliphatic carbocycles. The fourth-order valence-electron chi connectivity index (χ4n) is 0.740. The van der Waals surface area contributed by atoms with Crippen LogP contribution in [0.1, 0.15) is 6.42 Å². The van der Waals surface area contributed by atoms with E-state index in [1.54, 1.807) is 0 Å². The lowest BCUT2D eigenvalue weighted by molar-refractivity contribution is -0.477. The number of halogens is 8. The SMILES string of the molecule is FC1(F)CC(F)(F)O1.FC1(F)COC1(F)F. The number of hydrogen-bond donors (Lipinski definition) is 0. The van der Waals surface area contributed by atoms with Crippen molar-refractivity contribution in [2.75, 3.05) is 6.61 Å². The Morgan fingerprint density at radius 3 is 1.06 bits per heavy atom. The smallest absolute Gasteiger partial charge is 0.309 e. The third-order valence-corrected chi connectivity index (χ3v) is 1.57. The van der Waals surface area contributed by atoms with Gasteiger partial charge in [-0.3, -0.25) is 4.74 Å². The standard InChI is InChI=1S/2C3H2F4O/c4-2(5)1-8-3(2,6)7;4-2(5)1-3(6,7)8-2/h2*1H2. The van der Waals surface area contributed by atoms with E-state index < -0.39 is 37.3 Å². The van der Waals surface area contributed by atoms with Crippen LogP contribution in [-0.4, -0.2) is 30.9 Å². The molecule has 0 atom stereocenters. The summed E-state index contributed by atoms with van der Waals surface area (Å²) in [5, 5.41) is 0. The highest BCUT2D eigenvalue weighted by Gasteiger charge is 2.67. The van der Waals surface area contributed by atoms with Gasteiger partial charge in [-0.1, -0.05) is 0 Å². The van der Waals surface area contributed by atoms with Crippen molar-refractivity contribution in [2.45, 2.75) is 30.7 Å². The van der Waals surface area contributed by atoms with E-state index in [0.717, 1.165) is 0 Å². The molecule has 0 aromatic rings. The first kappa shape index (κ1) is 13.4. The minimum absolute atomic E-state index is 1.17. The van der Waals surface area contributed by atoms with Crippen LogP contribution in [-0.2, 0) is 9.47 Å². The van der Waals surface area contributed by atoms with Crippen LogP contribution in [0.15, 0.2) is 0 Å². The predicted octanol–water partition coefficient (Wildman–Crippen LogP) is 2.84. The van der Waals surface area contributed by atoms with Crippen LogP contribution in [0.2, 0.25) is 0 Å². The van der Waals surface area contributed by atoms with Gasteiger partial charge in [-0.25, -0.2) is 0 Å². The maximum absolute atomic E-state index is 11.4. The summed E-state index contributed by atoms with van der Waals surface area (Å²) in [5.41, 5.74) is 0. The summed E-state index contributed by atoms with van der Waals surface area (Å²) in [7, 11) is 0. The van der Waals surface area contributed by atoms with Crippen LogP contribution >= 0.6 is 0 Å². The van der Waals surface area contributed by atoms with E-state index in [-0.39, 0.29) is 0 Å². The Kier molecular flexibility index (Phi) is 2.87. The summed E-state index contributed by atoms with van der Waals surface area (Å²) in [5.74, 6) is -3.94. The monoisotopic (exact) mass is 260 g/mol. The molecule has 0 N–H and O–H groups in total. The summed E-state index contributed by atoms with van der Waals surface area (Å²) < 4.78 is 97.0. The van der Waals surface area contributed by atoms with Gasteiger partial charge in [0.15, 0.2) is 0 Å². The second-order valence-electron chi connectivity index (χ2n) is 3.06. The predicted molar refractivity (Wildman–Crippen MR) is 31.4 cm³/mol. The van der Waals surface area contributed by atoms with Gasteiger partial charge in [0.2, 0.25) is 0 Å². The Bertz CT molecular complexity index is 240. The minimum Gasteiger partial charge on any atom is -0.309 e. The number of rotatable bonds is 0. The molecule has 0 aromatic heterocycles. The first-order chi connectivity index (χ1) is 6.87. The molecule has 2 fully saturated rings. The van der Waals surface area contributed by atoms with Crippen LogP contribution in [0.25, 0.3) is 0 Å². The highest BCUT2D eigenvalue weighted by molar-refractivity contribution is 4.85. The molecule has 16 heavy (non-hydrogen) atoms. The Labute approximate surface area is 83.1 Å². The Morgan fingerprint density at radius 1 is 0.750 bits per heavy atom. The van der Waals surface area contributed by atoms with Gasteiger partial charge in [-0.15, -0.1) is 0 Å². The molecule has 0 bridgehead atoms. The molecule has 0 unspecified atom stereocenters. The van der Waals surface area contributed by atoms with Crippen LogP contribution in [0.4, 0.5) is 35.1 Å². The fourth-order valence-corrected chi connectivity index (χ4v) is 0.740. The Hall–Kier alpha value is -0.640. The molecule has 0 saturated carbocycles. The van der Waals surface area contributed by atoms with Gasteiger partial charge in [0.05, 0.1) is 0 Å². The maximum atomic E-state index is 11.4. The van der Waals surface area contributed by atoms with E-state index in [2.05, 4.69) is 9.47 Å². The zero-order valence-corrected chi connectivity index (χ0v) is 7.25. The lowest BCUT2D eigenvalue weighted by Crippen LogP contribution is -2.57. The van der Waals surface area contributed by atoms with Gasteiger partial charge < -0.3 is 4.74 Å². The Morgan fingerprint density at radius 2 is 1.06 bits per heavy atom. The van der Waals surface area contributed by atoms with Crippen molar-refractivity contribution in [3.63, 3.8) is 0 Å². The first-order valence-electron chi connectivity index (χ1n) is 3.72. The van der Waals surface area contributed by atoms with E-state index in [0.29, 0.717) is 0 Å². The fraction of sp³-hybridized carbons (Fsp3) is 1.00. The van der Waals surface area contributed by atoms with E-state index in [9.17, 15) is 35.1 Å². The Balaban J connectivity index is 0.000000160. The third kappa shape index (κ3) is 2.73. The van der Waals surface area contributed by atoms with Crippen molar-refractivity contribution < 1.29 is 44.6 Å². The highest BCUT2D eigenvalue weighted by Crippen LogP contribution is 2.45. The summed E-state index contributed by atoms with van der Waals surface area (Å²) in [6.45, 7) is -1.17. The second-order valence-corrected chi connectivity index (χ2v) is 3.06. The summed E-state index contributed by atoms with van der Waals surface area (Å²) in [4.78, 5) is 0. The molecule has 2 aliphatic rings. The first-order valence-corrected chi connectivity index (χ1v) is 3.72.